The maximum absolute atomic E-state index is 11.6. The van der Waals surface area contributed by atoms with Crippen molar-refractivity contribution in [2.24, 2.45) is 0 Å². The van der Waals surface area contributed by atoms with Gasteiger partial charge in [-0.2, -0.15) is 5.26 Å². The molecule has 0 heterocycles. The van der Waals surface area contributed by atoms with E-state index in [1.165, 1.54) is 18.2 Å². The number of nitrogens with zero attached hydrogens (tertiary/aromatic N) is 3. The van der Waals surface area contributed by atoms with Crippen LogP contribution in [0.3, 0.4) is 0 Å². The summed E-state index contributed by atoms with van der Waals surface area (Å²) >= 11 is 0. The Morgan fingerprint density at radius 2 is 2.19 bits per heavy atom. The molecule has 0 fully saturated rings. The summed E-state index contributed by atoms with van der Waals surface area (Å²) in [5, 5.41) is 20.0. The number of esters is 1. The molecule has 1 aromatic rings. The van der Waals surface area contributed by atoms with Gasteiger partial charge in [-0.3, -0.25) is 14.9 Å². The van der Waals surface area contributed by atoms with Gasteiger partial charge < -0.3 is 9.64 Å². The van der Waals surface area contributed by atoms with E-state index in [1.807, 2.05) is 13.0 Å². The van der Waals surface area contributed by atoms with Crippen molar-refractivity contribution in [2.45, 2.75) is 20.3 Å². The van der Waals surface area contributed by atoms with Crippen LogP contribution in [-0.2, 0) is 9.53 Å². The second kappa shape index (κ2) is 7.85. The van der Waals surface area contributed by atoms with Gasteiger partial charge in [0, 0.05) is 12.6 Å². The second-order valence-electron chi connectivity index (χ2n) is 4.30. The van der Waals surface area contributed by atoms with Crippen LogP contribution in [0.2, 0.25) is 0 Å². The molecule has 112 valence electrons. The van der Waals surface area contributed by atoms with Crippen LogP contribution < -0.4 is 4.90 Å². The van der Waals surface area contributed by atoms with Gasteiger partial charge in [0.1, 0.15) is 12.2 Å². The molecule has 0 aromatic heterocycles. The van der Waals surface area contributed by atoms with Crippen LogP contribution >= 0.6 is 0 Å². The number of rotatable bonds is 7. The Morgan fingerprint density at radius 1 is 1.48 bits per heavy atom. The fraction of sp³-hybridized carbons (Fsp3) is 0.429. The van der Waals surface area contributed by atoms with Crippen LogP contribution in [0.4, 0.5) is 11.4 Å². The molecule has 0 radical (unpaired) electrons. The fourth-order valence-electron chi connectivity index (χ4n) is 1.92. The van der Waals surface area contributed by atoms with Gasteiger partial charge in [-0.05, 0) is 25.5 Å². The first kappa shape index (κ1) is 16.4. The lowest BCUT2D eigenvalue weighted by atomic mass is 10.1. The molecule has 7 heteroatoms. The van der Waals surface area contributed by atoms with Crippen molar-refractivity contribution < 1.29 is 14.5 Å². The molecule has 0 aliphatic carbocycles. The Morgan fingerprint density at radius 3 is 2.71 bits per heavy atom. The van der Waals surface area contributed by atoms with Gasteiger partial charge in [0.25, 0.3) is 5.69 Å². The van der Waals surface area contributed by atoms with E-state index in [1.54, 1.807) is 11.8 Å². The maximum atomic E-state index is 11.6. The number of ether oxygens (including phenoxy) is 1. The highest BCUT2D eigenvalue weighted by molar-refractivity contribution is 5.78. The molecular weight excluding hydrogens is 274 g/mol. The van der Waals surface area contributed by atoms with E-state index >= 15 is 0 Å². The van der Waals surface area contributed by atoms with E-state index < -0.39 is 10.9 Å². The number of carbonyl (C=O) groups is 1. The molecule has 1 rings (SSSR count). The first-order valence-corrected chi connectivity index (χ1v) is 6.62. The molecule has 0 N–H and O–H groups in total. The van der Waals surface area contributed by atoms with Crippen LogP contribution in [-0.4, -0.2) is 30.6 Å². The quantitative estimate of drug-likeness (QED) is 0.434. The van der Waals surface area contributed by atoms with Gasteiger partial charge in [-0.1, -0.05) is 6.92 Å². The van der Waals surface area contributed by atoms with Gasteiger partial charge in [-0.25, -0.2) is 0 Å². The monoisotopic (exact) mass is 291 g/mol. The molecule has 0 aliphatic heterocycles. The number of nitro groups is 1. The lowest BCUT2D eigenvalue weighted by molar-refractivity contribution is -0.384. The highest BCUT2D eigenvalue weighted by Crippen LogP contribution is 2.29. The van der Waals surface area contributed by atoms with E-state index in [0.29, 0.717) is 12.2 Å². The summed E-state index contributed by atoms with van der Waals surface area (Å²) in [6.07, 6.45) is 0.719. The fourth-order valence-corrected chi connectivity index (χ4v) is 1.92. The second-order valence-corrected chi connectivity index (χ2v) is 4.30. The Hall–Kier alpha value is -2.62. The summed E-state index contributed by atoms with van der Waals surface area (Å²) in [5.74, 6) is -0.440. The molecule has 21 heavy (non-hydrogen) atoms. The van der Waals surface area contributed by atoms with Crippen LogP contribution in [0.5, 0.6) is 0 Å². The van der Waals surface area contributed by atoms with Crippen LogP contribution in [0, 0.1) is 21.4 Å². The van der Waals surface area contributed by atoms with E-state index in [4.69, 9.17) is 10.00 Å². The molecular formula is C14H17N3O4. The Bertz CT molecular complexity index is 566. The van der Waals surface area contributed by atoms with E-state index in [2.05, 4.69) is 0 Å². The average Bonchev–Trinajstić information content (AvgIpc) is 2.46. The van der Waals surface area contributed by atoms with E-state index in [0.717, 1.165) is 6.42 Å². The third-order valence-corrected chi connectivity index (χ3v) is 2.76. The van der Waals surface area contributed by atoms with Crippen molar-refractivity contribution >= 4 is 17.3 Å². The Labute approximate surface area is 122 Å². The van der Waals surface area contributed by atoms with Crippen molar-refractivity contribution in [2.75, 3.05) is 24.6 Å². The van der Waals surface area contributed by atoms with Gasteiger partial charge in [-0.15, -0.1) is 0 Å². The van der Waals surface area contributed by atoms with E-state index in [9.17, 15) is 14.9 Å². The number of nitro benzene ring substituents is 1. The molecule has 0 amide bonds. The minimum Gasteiger partial charge on any atom is -0.465 e. The summed E-state index contributed by atoms with van der Waals surface area (Å²) in [6.45, 7) is 4.29. The number of nitriles is 1. The third kappa shape index (κ3) is 4.45. The standard InChI is InChI=1S/C14H17N3O4/c1-3-7-16(10-14(18)21-4-2)12-6-5-11(9-15)8-13(12)17(19)20/h5-6,8H,3-4,7,10H2,1-2H3. The van der Waals surface area contributed by atoms with Gasteiger partial charge >= 0.3 is 5.97 Å². The lowest BCUT2D eigenvalue weighted by Crippen LogP contribution is -2.32. The summed E-state index contributed by atoms with van der Waals surface area (Å²) in [6, 6.07) is 6.07. The van der Waals surface area contributed by atoms with Crippen LogP contribution in [0.1, 0.15) is 25.8 Å². The molecule has 1 aromatic carbocycles. The summed E-state index contributed by atoms with van der Waals surface area (Å²) in [4.78, 5) is 23.8. The zero-order valence-corrected chi connectivity index (χ0v) is 12.0. The lowest BCUT2D eigenvalue weighted by Gasteiger charge is -2.22. The van der Waals surface area contributed by atoms with Gasteiger partial charge in [0.2, 0.25) is 0 Å². The number of hydrogen-bond donors (Lipinski definition) is 0. The highest BCUT2D eigenvalue weighted by Gasteiger charge is 2.22. The molecule has 0 spiro atoms. The Kier molecular flexibility index (Phi) is 6.14. The van der Waals surface area contributed by atoms with Crippen molar-refractivity contribution in [3.05, 3.63) is 33.9 Å². The molecule has 7 nitrogen and oxygen atoms in total. The molecule has 0 saturated carbocycles. The Balaban J connectivity index is 3.15. The maximum Gasteiger partial charge on any atom is 0.325 e. The summed E-state index contributed by atoms with van der Waals surface area (Å²) in [7, 11) is 0. The van der Waals surface area contributed by atoms with Crippen LogP contribution in [0.25, 0.3) is 0 Å². The van der Waals surface area contributed by atoms with Crippen molar-refractivity contribution in [3.8, 4) is 6.07 Å². The van der Waals surface area contributed by atoms with Gasteiger partial charge in [0.15, 0.2) is 0 Å². The molecule has 0 saturated heterocycles. The molecule has 0 aliphatic rings. The predicted octanol–water partition coefficient (Wildman–Crippen LogP) is 2.25. The SMILES string of the molecule is CCCN(CC(=O)OCC)c1ccc(C#N)cc1[N+](=O)[O-]. The molecule has 0 atom stereocenters. The first-order valence-electron chi connectivity index (χ1n) is 6.62. The third-order valence-electron chi connectivity index (χ3n) is 2.76. The largest absolute Gasteiger partial charge is 0.465 e. The number of benzene rings is 1. The van der Waals surface area contributed by atoms with Crippen molar-refractivity contribution in [3.63, 3.8) is 0 Å². The minimum atomic E-state index is -0.552. The first-order chi connectivity index (χ1) is 10.0. The van der Waals surface area contributed by atoms with Gasteiger partial charge in [0.05, 0.1) is 23.2 Å². The normalized spacial score (nSPS) is 9.76. The summed E-state index contributed by atoms with van der Waals surface area (Å²) < 4.78 is 4.88. The predicted molar refractivity (Wildman–Crippen MR) is 76.9 cm³/mol. The zero-order valence-electron chi connectivity index (χ0n) is 12.0. The smallest absolute Gasteiger partial charge is 0.325 e. The topological polar surface area (TPSA) is 96.5 Å². The molecule has 0 unspecified atom stereocenters. The van der Waals surface area contributed by atoms with Crippen molar-refractivity contribution in [1.29, 1.82) is 5.26 Å². The van der Waals surface area contributed by atoms with Crippen LogP contribution in [0.15, 0.2) is 18.2 Å². The number of hydrogen-bond acceptors (Lipinski definition) is 6. The average molecular weight is 291 g/mol. The zero-order chi connectivity index (χ0) is 15.8. The number of anilines is 1. The molecule has 0 bridgehead atoms. The minimum absolute atomic E-state index is 0.0611. The van der Waals surface area contributed by atoms with Crippen molar-refractivity contribution in [1.82, 2.24) is 0 Å². The summed E-state index contributed by atoms with van der Waals surface area (Å²) in [5.41, 5.74) is 0.332. The number of carbonyl (C=O) groups excluding carboxylic acids is 1. The van der Waals surface area contributed by atoms with E-state index in [-0.39, 0.29) is 24.4 Å². The highest BCUT2D eigenvalue weighted by atomic mass is 16.6.